The first-order valence-electron chi connectivity index (χ1n) is 8.72. The summed E-state index contributed by atoms with van der Waals surface area (Å²) >= 11 is 7.58. The molecule has 0 aliphatic heterocycles. The van der Waals surface area contributed by atoms with E-state index in [1.807, 2.05) is 18.2 Å². The third-order valence-electron chi connectivity index (χ3n) is 4.06. The van der Waals surface area contributed by atoms with Gasteiger partial charge in [0.25, 0.3) is 0 Å². The first-order chi connectivity index (χ1) is 14.4. The Bertz CT molecular complexity index is 1080. The van der Waals surface area contributed by atoms with Crippen LogP contribution in [0.5, 0.6) is 0 Å². The lowest BCUT2D eigenvalue weighted by molar-refractivity contribution is -0.115. The number of rotatable bonds is 6. The number of halogens is 1. The van der Waals surface area contributed by atoms with Gasteiger partial charge in [-0.3, -0.25) is 4.79 Å². The fourth-order valence-electron chi connectivity index (χ4n) is 2.69. The SMILES string of the molecule is COC(=O)c1cc(NC(=O)Cc2csc(-c3ccccc3Cl)n2)cc(C(=O)OC)c1. The molecule has 7 nitrogen and oxygen atoms in total. The Morgan fingerprint density at radius 3 is 2.27 bits per heavy atom. The first-order valence-corrected chi connectivity index (χ1v) is 9.98. The van der Waals surface area contributed by atoms with Crippen LogP contribution in [-0.2, 0) is 20.7 Å². The van der Waals surface area contributed by atoms with Crippen LogP contribution in [0.1, 0.15) is 26.4 Å². The molecule has 2 aromatic carbocycles. The Morgan fingerprint density at radius 1 is 1.03 bits per heavy atom. The van der Waals surface area contributed by atoms with Crippen LogP contribution in [-0.4, -0.2) is 37.0 Å². The zero-order chi connectivity index (χ0) is 21.7. The van der Waals surface area contributed by atoms with Gasteiger partial charge < -0.3 is 14.8 Å². The molecule has 0 atom stereocenters. The Labute approximate surface area is 181 Å². The minimum absolute atomic E-state index is 0.0109. The van der Waals surface area contributed by atoms with Crippen LogP contribution in [0.3, 0.4) is 0 Å². The van der Waals surface area contributed by atoms with Crippen LogP contribution in [0.25, 0.3) is 10.6 Å². The Balaban J connectivity index is 1.77. The van der Waals surface area contributed by atoms with Gasteiger partial charge in [-0.15, -0.1) is 11.3 Å². The molecule has 0 saturated carbocycles. The van der Waals surface area contributed by atoms with Gasteiger partial charge in [-0.1, -0.05) is 29.8 Å². The van der Waals surface area contributed by atoms with Gasteiger partial charge in [0, 0.05) is 16.6 Å². The Hall–Kier alpha value is -3.23. The molecular weight excluding hydrogens is 428 g/mol. The maximum atomic E-state index is 12.5. The van der Waals surface area contributed by atoms with E-state index < -0.39 is 11.9 Å². The number of carbonyl (C=O) groups excluding carboxylic acids is 3. The fourth-order valence-corrected chi connectivity index (χ4v) is 3.83. The van der Waals surface area contributed by atoms with Crippen molar-refractivity contribution in [2.45, 2.75) is 6.42 Å². The third-order valence-corrected chi connectivity index (χ3v) is 5.31. The highest BCUT2D eigenvalue weighted by atomic mass is 35.5. The third kappa shape index (κ3) is 5.03. The zero-order valence-electron chi connectivity index (χ0n) is 16.1. The smallest absolute Gasteiger partial charge is 0.337 e. The predicted molar refractivity (Wildman–Crippen MR) is 114 cm³/mol. The van der Waals surface area contributed by atoms with Crippen molar-refractivity contribution in [3.05, 3.63) is 69.7 Å². The molecule has 1 N–H and O–H groups in total. The maximum Gasteiger partial charge on any atom is 0.337 e. The number of thiazole rings is 1. The molecule has 0 saturated heterocycles. The molecule has 1 heterocycles. The van der Waals surface area contributed by atoms with E-state index in [2.05, 4.69) is 10.3 Å². The average Bonchev–Trinajstić information content (AvgIpc) is 3.20. The van der Waals surface area contributed by atoms with E-state index in [0.29, 0.717) is 15.7 Å². The van der Waals surface area contributed by atoms with Crippen molar-refractivity contribution in [2.24, 2.45) is 0 Å². The van der Waals surface area contributed by atoms with Gasteiger partial charge in [-0.05, 0) is 24.3 Å². The number of benzene rings is 2. The fraction of sp³-hybridized carbons (Fsp3) is 0.143. The van der Waals surface area contributed by atoms with E-state index in [0.717, 1.165) is 5.56 Å². The van der Waals surface area contributed by atoms with Crippen molar-refractivity contribution in [3.63, 3.8) is 0 Å². The van der Waals surface area contributed by atoms with E-state index >= 15 is 0 Å². The molecule has 3 rings (SSSR count). The number of nitrogens with one attached hydrogen (secondary N) is 1. The van der Waals surface area contributed by atoms with E-state index in [1.165, 1.54) is 43.8 Å². The number of anilines is 1. The molecule has 3 aromatic rings. The molecule has 0 unspecified atom stereocenters. The number of esters is 2. The lowest BCUT2D eigenvalue weighted by Crippen LogP contribution is -2.16. The summed E-state index contributed by atoms with van der Waals surface area (Å²) in [6.07, 6.45) is 0.0109. The van der Waals surface area contributed by atoms with Crippen LogP contribution in [0.2, 0.25) is 5.02 Å². The van der Waals surface area contributed by atoms with Crippen molar-refractivity contribution in [1.82, 2.24) is 4.98 Å². The monoisotopic (exact) mass is 444 g/mol. The molecule has 1 aromatic heterocycles. The molecular formula is C21H17ClN2O5S. The second kappa shape index (κ2) is 9.51. The van der Waals surface area contributed by atoms with Gasteiger partial charge in [0.1, 0.15) is 5.01 Å². The highest BCUT2D eigenvalue weighted by Crippen LogP contribution is 2.30. The van der Waals surface area contributed by atoms with Crippen LogP contribution < -0.4 is 5.32 Å². The van der Waals surface area contributed by atoms with Crippen molar-refractivity contribution >= 4 is 46.5 Å². The van der Waals surface area contributed by atoms with Crippen molar-refractivity contribution in [1.29, 1.82) is 0 Å². The summed E-state index contributed by atoms with van der Waals surface area (Å²) in [6, 6.07) is 11.5. The van der Waals surface area contributed by atoms with Crippen molar-refractivity contribution in [3.8, 4) is 10.6 Å². The number of carbonyl (C=O) groups is 3. The summed E-state index contributed by atoms with van der Waals surface area (Å²) in [7, 11) is 2.45. The van der Waals surface area contributed by atoms with Crippen LogP contribution in [0.4, 0.5) is 5.69 Å². The second-order valence-corrected chi connectivity index (χ2v) is 7.40. The molecule has 154 valence electrons. The Kier molecular flexibility index (Phi) is 6.81. The van der Waals surface area contributed by atoms with Gasteiger partial charge in [0.15, 0.2) is 0 Å². The summed E-state index contributed by atoms with van der Waals surface area (Å²) in [4.78, 5) is 40.7. The summed E-state index contributed by atoms with van der Waals surface area (Å²) < 4.78 is 9.38. The second-order valence-electron chi connectivity index (χ2n) is 6.13. The standard InChI is InChI=1S/C21H17ClN2O5S/c1-28-20(26)12-7-13(21(27)29-2)9-14(8-12)23-18(25)10-15-11-30-19(24-15)16-5-3-4-6-17(16)22/h3-9,11H,10H2,1-2H3,(H,23,25). The summed E-state index contributed by atoms with van der Waals surface area (Å²) in [5.74, 6) is -1.64. The molecule has 0 aliphatic rings. The summed E-state index contributed by atoms with van der Waals surface area (Å²) in [6.45, 7) is 0. The lowest BCUT2D eigenvalue weighted by Gasteiger charge is -2.09. The minimum Gasteiger partial charge on any atom is -0.465 e. The van der Waals surface area contributed by atoms with E-state index in [-0.39, 0.29) is 29.1 Å². The topological polar surface area (TPSA) is 94.6 Å². The molecule has 1 amide bonds. The number of ether oxygens (including phenoxy) is 2. The highest BCUT2D eigenvalue weighted by Gasteiger charge is 2.16. The average molecular weight is 445 g/mol. The summed E-state index contributed by atoms with van der Waals surface area (Å²) in [5.41, 5.74) is 1.87. The Morgan fingerprint density at radius 2 is 1.67 bits per heavy atom. The van der Waals surface area contributed by atoms with Gasteiger partial charge in [0.05, 0.1) is 42.5 Å². The number of nitrogens with zero attached hydrogens (tertiary/aromatic N) is 1. The predicted octanol–water partition coefficient (Wildman–Crippen LogP) is 4.22. The zero-order valence-corrected chi connectivity index (χ0v) is 17.7. The van der Waals surface area contributed by atoms with Crippen LogP contribution in [0, 0.1) is 0 Å². The largest absolute Gasteiger partial charge is 0.465 e. The van der Waals surface area contributed by atoms with E-state index in [4.69, 9.17) is 21.1 Å². The van der Waals surface area contributed by atoms with Crippen molar-refractivity contribution in [2.75, 3.05) is 19.5 Å². The summed E-state index contributed by atoms with van der Waals surface area (Å²) in [5, 5.41) is 5.75. The number of aromatic nitrogens is 1. The molecule has 0 bridgehead atoms. The van der Waals surface area contributed by atoms with E-state index in [1.54, 1.807) is 11.4 Å². The molecule has 0 fully saturated rings. The van der Waals surface area contributed by atoms with Crippen LogP contribution >= 0.6 is 22.9 Å². The molecule has 0 spiro atoms. The highest BCUT2D eigenvalue weighted by molar-refractivity contribution is 7.13. The normalized spacial score (nSPS) is 10.4. The lowest BCUT2D eigenvalue weighted by atomic mass is 10.1. The van der Waals surface area contributed by atoms with Crippen LogP contribution in [0.15, 0.2) is 47.8 Å². The van der Waals surface area contributed by atoms with Crippen molar-refractivity contribution < 1.29 is 23.9 Å². The molecule has 0 aliphatic carbocycles. The molecule has 9 heteroatoms. The van der Waals surface area contributed by atoms with Gasteiger partial charge >= 0.3 is 11.9 Å². The number of methoxy groups -OCH3 is 2. The quantitative estimate of drug-likeness (QED) is 0.572. The van der Waals surface area contributed by atoms with E-state index in [9.17, 15) is 14.4 Å². The molecule has 30 heavy (non-hydrogen) atoms. The van der Waals surface area contributed by atoms with Gasteiger partial charge in [0.2, 0.25) is 5.91 Å². The number of hydrogen-bond donors (Lipinski definition) is 1. The number of amides is 1. The maximum absolute atomic E-state index is 12.5. The van der Waals surface area contributed by atoms with Gasteiger partial charge in [-0.25, -0.2) is 14.6 Å². The minimum atomic E-state index is -0.639. The first kappa shape index (κ1) is 21.5. The number of hydrogen-bond acceptors (Lipinski definition) is 7. The van der Waals surface area contributed by atoms with Gasteiger partial charge in [-0.2, -0.15) is 0 Å². The molecule has 0 radical (unpaired) electrons.